The molecule has 0 spiro atoms. The SMILES string of the molecule is C=CCn1c(SC(C)C(=O)Nc2cc([N+](=O)[O-])ccc2OC)nc2ccccc21. The fourth-order valence-corrected chi connectivity index (χ4v) is 3.74. The van der Waals surface area contributed by atoms with Gasteiger partial charge < -0.3 is 14.6 Å². The van der Waals surface area contributed by atoms with Gasteiger partial charge in [0.05, 0.1) is 34.0 Å². The van der Waals surface area contributed by atoms with Crippen molar-refractivity contribution in [2.24, 2.45) is 0 Å². The van der Waals surface area contributed by atoms with Crippen molar-refractivity contribution in [1.82, 2.24) is 9.55 Å². The Balaban J connectivity index is 1.82. The fourth-order valence-electron chi connectivity index (χ4n) is 2.80. The van der Waals surface area contributed by atoms with Crippen LogP contribution >= 0.6 is 11.8 Å². The minimum atomic E-state index is -0.523. The lowest BCUT2D eigenvalue weighted by Gasteiger charge is -2.14. The van der Waals surface area contributed by atoms with E-state index in [0.717, 1.165) is 11.0 Å². The number of imidazole rings is 1. The second-order valence-electron chi connectivity index (χ2n) is 6.17. The number of allylic oxidation sites excluding steroid dienone is 1. The number of nitrogens with one attached hydrogen (secondary N) is 1. The highest BCUT2D eigenvalue weighted by Crippen LogP contribution is 2.31. The van der Waals surface area contributed by atoms with E-state index in [0.29, 0.717) is 17.5 Å². The van der Waals surface area contributed by atoms with Crippen molar-refractivity contribution in [3.63, 3.8) is 0 Å². The molecule has 0 aliphatic carbocycles. The molecule has 3 rings (SSSR count). The van der Waals surface area contributed by atoms with Crippen LogP contribution in [0, 0.1) is 10.1 Å². The molecular formula is C20H20N4O4S. The Morgan fingerprint density at radius 3 is 2.86 bits per heavy atom. The molecule has 9 heteroatoms. The van der Waals surface area contributed by atoms with Gasteiger partial charge in [0.2, 0.25) is 5.91 Å². The van der Waals surface area contributed by atoms with E-state index >= 15 is 0 Å². The van der Waals surface area contributed by atoms with Crippen LogP contribution in [0.3, 0.4) is 0 Å². The van der Waals surface area contributed by atoms with Gasteiger partial charge in [0, 0.05) is 18.7 Å². The average Bonchev–Trinajstić information content (AvgIpc) is 3.05. The zero-order chi connectivity index (χ0) is 21.0. The number of carbonyl (C=O) groups excluding carboxylic acids is 1. The highest BCUT2D eigenvalue weighted by atomic mass is 32.2. The Hall–Kier alpha value is -3.33. The standard InChI is InChI=1S/C20H20N4O4S/c1-4-11-23-17-8-6-5-7-15(17)22-20(23)29-13(2)19(25)21-16-12-14(24(26)27)9-10-18(16)28-3/h4-10,12-13H,1,11H2,2-3H3,(H,21,25). The van der Waals surface area contributed by atoms with Gasteiger partial charge in [-0.15, -0.1) is 6.58 Å². The smallest absolute Gasteiger partial charge is 0.271 e. The van der Waals surface area contributed by atoms with Crippen molar-refractivity contribution in [3.05, 3.63) is 65.2 Å². The third kappa shape index (κ3) is 4.40. The molecule has 0 saturated heterocycles. The number of rotatable bonds is 8. The zero-order valence-corrected chi connectivity index (χ0v) is 16.8. The van der Waals surface area contributed by atoms with Crippen LogP contribution in [-0.4, -0.2) is 32.7 Å². The van der Waals surface area contributed by atoms with Crippen LogP contribution in [0.1, 0.15) is 6.92 Å². The summed E-state index contributed by atoms with van der Waals surface area (Å²) in [5.41, 5.74) is 1.92. The molecule has 1 aromatic heterocycles. The Morgan fingerprint density at radius 1 is 1.41 bits per heavy atom. The van der Waals surface area contributed by atoms with Gasteiger partial charge >= 0.3 is 0 Å². The van der Waals surface area contributed by atoms with Gasteiger partial charge in [-0.25, -0.2) is 4.98 Å². The number of non-ortho nitro benzene ring substituents is 1. The normalized spacial score (nSPS) is 11.8. The number of benzene rings is 2. The zero-order valence-electron chi connectivity index (χ0n) is 16.0. The van der Waals surface area contributed by atoms with Gasteiger partial charge in [0.25, 0.3) is 5.69 Å². The molecule has 0 fully saturated rings. The molecule has 1 unspecified atom stereocenters. The summed E-state index contributed by atoms with van der Waals surface area (Å²) in [5.74, 6) is 0.0334. The second-order valence-corrected chi connectivity index (χ2v) is 7.48. The second kappa shape index (κ2) is 8.78. The van der Waals surface area contributed by atoms with Crippen molar-refractivity contribution in [2.45, 2.75) is 23.9 Å². The number of aromatic nitrogens is 2. The van der Waals surface area contributed by atoms with Crippen molar-refractivity contribution < 1.29 is 14.5 Å². The molecule has 2 aromatic carbocycles. The number of hydrogen-bond donors (Lipinski definition) is 1. The lowest BCUT2D eigenvalue weighted by molar-refractivity contribution is -0.384. The summed E-state index contributed by atoms with van der Waals surface area (Å²) < 4.78 is 7.19. The fraction of sp³-hybridized carbons (Fsp3) is 0.200. The van der Waals surface area contributed by atoms with Crippen molar-refractivity contribution in [2.75, 3.05) is 12.4 Å². The molecule has 3 aromatic rings. The summed E-state index contributed by atoms with van der Waals surface area (Å²) in [7, 11) is 1.44. The number of methoxy groups -OCH3 is 1. The molecule has 0 aliphatic rings. The van der Waals surface area contributed by atoms with E-state index in [2.05, 4.69) is 16.9 Å². The van der Waals surface area contributed by atoms with E-state index in [4.69, 9.17) is 4.74 Å². The van der Waals surface area contributed by atoms with Crippen molar-refractivity contribution in [1.29, 1.82) is 0 Å². The highest BCUT2D eigenvalue weighted by Gasteiger charge is 2.21. The van der Waals surface area contributed by atoms with Crippen molar-refractivity contribution >= 4 is 40.1 Å². The molecule has 8 nitrogen and oxygen atoms in total. The maximum atomic E-state index is 12.7. The number of nitrogens with zero attached hydrogens (tertiary/aromatic N) is 3. The third-order valence-corrected chi connectivity index (χ3v) is 5.32. The van der Waals surface area contributed by atoms with Gasteiger partial charge in [-0.1, -0.05) is 30.0 Å². The molecule has 0 bridgehead atoms. The number of nitro groups is 1. The number of para-hydroxylation sites is 2. The third-order valence-electron chi connectivity index (χ3n) is 4.23. The summed E-state index contributed by atoms with van der Waals surface area (Å²) in [5, 5.41) is 13.9. The summed E-state index contributed by atoms with van der Waals surface area (Å²) >= 11 is 1.30. The Labute approximate surface area is 171 Å². The van der Waals surface area contributed by atoms with Crippen LogP contribution in [0.5, 0.6) is 5.75 Å². The first-order valence-electron chi connectivity index (χ1n) is 8.80. The monoisotopic (exact) mass is 412 g/mol. The quantitative estimate of drug-likeness (QED) is 0.257. The van der Waals surface area contributed by atoms with Crippen LogP contribution in [0.2, 0.25) is 0 Å². The van der Waals surface area contributed by atoms with Crippen LogP contribution in [0.4, 0.5) is 11.4 Å². The van der Waals surface area contributed by atoms with E-state index in [-0.39, 0.29) is 17.3 Å². The van der Waals surface area contributed by atoms with E-state index < -0.39 is 10.2 Å². The molecule has 1 amide bonds. The Kier molecular flexibility index (Phi) is 6.18. The predicted octanol–water partition coefficient (Wildman–Crippen LogP) is 4.26. The van der Waals surface area contributed by atoms with Gasteiger partial charge in [-0.2, -0.15) is 0 Å². The minimum absolute atomic E-state index is 0.130. The Morgan fingerprint density at radius 2 is 2.17 bits per heavy atom. The van der Waals surface area contributed by atoms with Crippen LogP contribution in [0.25, 0.3) is 11.0 Å². The first-order chi connectivity index (χ1) is 13.9. The lowest BCUT2D eigenvalue weighted by Crippen LogP contribution is -2.23. The van der Waals surface area contributed by atoms with Gasteiger partial charge in [0.1, 0.15) is 5.75 Å². The molecule has 1 heterocycles. The minimum Gasteiger partial charge on any atom is -0.495 e. The molecule has 1 atom stereocenters. The molecule has 0 aliphatic heterocycles. The summed E-state index contributed by atoms with van der Waals surface area (Å²) in [6.45, 7) is 6.11. The van der Waals surface area contributed by atoms with E-state index in [1.54, 1.807) is 13.0 Å². The summed E-state index contributed by atoms with van der Waals surface area (Å²) in [6.07, 6.45) is 1.77. The largest absolute Gasteiger partial charge is 0.495 e. The highest BCUT2D eigenvalue weighted by molar-refractivity contribution is 8.00. The summed E-state index contributed by atoms with van der Waals surface area (Å²) in [6, 6.07) is 11.8. The molecule has 0 radical (unpaired) electrons. The number of nitro benzene ring substituents is 1. The number of thioether (sulfide) groups is 1. The molecule has 150 valence electrons. The molecule has 0 saturated carbocycles. The number of carbonyl (C=O) groups is 1. The average molecular weight is 412 g/mol. The number of fused-ring (bicyclic) bond motifs is 1. The first-order valence-corrected chi connectivity index (χ1v) is 9.68. The number of hydrogen-bond acceptors (Lipinski definition) is 6. The number of ether oxygens (including phenoxy) is 1. The van der Waals surface area contributed by atoms with Gasteiger partial charge in [0.15, 0.2) is 5.16 Å². The lowest BCUT2D eigenvalue weighted by atomic mass is 10.2. The number of anilines is 1. The Bertz CT molecular complexity index is 1080. The topological polar surface area (TPSA) is 99.3 Å². The summed E-state index contributed by atoms with van der Waals surface area (Å²) in [4.78, 5) is 27.9. The maximum absolute atomic E-state index is 12.7. The van der Waals surface area contributed by atoms with Crippen LogP contribution < -0.4 is 10.1 Å². The predicted molar refractivity (Wildman–Crippen MR) is 114 cm³/mol. The molecular weight excluding hydrogens is 392 g/mol. The van der Waals surface area contributed by atoms with Crippen molar-refractivity contribution in [3.8, 4) is 5.75 Å². The number of amides is 1. The molecule has 29 heavy (non-hydrogen) atoms. The van der Waals surface area contributed by atoms with Gasteiger partial charge in [-0.3, -0.25) is 14.9 Å². The maximum Gasteiger partial charge on any atom is 0.271 e. The van der Waals surface area contributed by atoms with E-state index in [9.17, 15) is 14.9 Å². The van der Waals surface area contributed by atoms with E-state index in [1.165, 1.54) is 37.1 Å². The molecule has 1 N–H and O–H groups in total. The van der Waals surface area contributed by atoms with E-state index in [1.807, 2.05) is 28.8 Å². The van der Waals surface area contributed by atoms with Crippen LogP contribution in [-0.2, 0) is 11.3 Å². The first kappa shape index (κ1) is 20.4. The van der Waals surface area contributed by atoms with Crippen LogP contribution in [0.15, 0.2) is 60.3 Å². The van der Waals surface area contributed by atoms with Gasteiger partial charge in [-0.05, 0) is 25.1 Å².